The van der Waals surface area contributed by atoms with Gasteiger partial charge in [0.2, 0.25) is 5.91 Å². The molecular formula is C20H22FNO. The minimum atomic E-state index is -0.247. The summed E-state index contributed by atoms with van der Waals surface area (Å²) in [5.74, 6) is -0.217. The van der Waals surface area contributed by atoms with Gasteiger partial charge in [-0.2, -0.15) is 0 Å². The van der Waals surface area contributed by atoms with Gasteiger partial charge in [0.15, 0.2) is 0 Å². The van der Waals surface area contributed by atoms with Crippen LogP contribution in [-0.2, 0) is 24.1 Å². The molecule has 23 heavy (non-hydrogen) atoms. The van der Waals surface area contributed by atoms with Crippen molar-refractivity contribution in [1.82, 2.24) is 5.32 Å². The first kappa shape index (κ1) is 15.7. The van der Waals surface area contributed by atoms with Crippen LogP contribution in [0.3, 0.4) is 0 Å². The Kier molecular flexibility index (Phi) is 4.75. The van der Waals surface area contributed by atoms with Gasteiger partial charge in [-0.15, -0.1) is 0 Å². The Balaban J connectivity index is 1.54. The average Bonchev–Trinajstić information content (AvgIpc) is 3.02. The predicted molar refractivity (Wildman–Crippen MR) is 89.7 cm³/mol. The monoisotopic (exact) mass is 311 g/mol. The van der Waals surface area contributed by atoms with E-state index in [0.717, 1.165) is 12.0 Å². The second-order valence-corrected chi connectivity index (χ2v) is 6.30. The number of fused-ring (bicyclic) bond motifs is 1. The zero-order valence-electron chi connectivity index (χ0n) is 13.4. The molecule has 3 heteroatoms. The van der Waals surface area contributed by atoms with Crippen LogP contribution in [-0.4, -0.2) is 5.91 Å². The van der Waals surface area contributed by atoms with E-state index in [9.17, 15) is 9.18 Å². The van der Waals surface area contributed by atoms with E-state index in [-0.39, 0.29) is 17.8 Å². The highest BCUT2D eigenvalue weighted by molar-refractivity contribution is 5.76. The zero-order chi connectivity index (χ0) is 16.2. The van der Waals surface area contributed by atoms with Gasteiger partial charge in [0.25, 0.3) is 0 Å². The molecule has 0 aromatic heterocycles. The Labute approximate surface area is 136 Å². The molecule has 2 aromatic carbocycles. The number of carbonyl (C=O) groups is 1. The van der Waals surface area contributed by atoms with Crippen LogP contribution < -0.4 is 5.32 Å². The second-order valence-electron chi connectivity index (χ2n) is 6.30. The lowest BCUT2D eigenvalue weighted by Crippen LogP contribution is -2.26. The van der Waals surface area contributed by atoms with Gasteiger partial charge in [-0.25, -0.2) is 4.39 Å². The van der Waals surface area contributed by atoms with E-state index >= 15 is 0 Å². The molecule has 120 valence electrons. The lowest BCUT2D eigenvalue weighted by atomic mass is 10.0. The molecule has 1 atom stereocenters. The number of aryl methyl sites for hydroxylation is 3. The molecule has 2 nitrogen and oxygen atoms in total. The molecule has 3 rings (SSSR count). The van der Waals surface area contributed by atoms with Gasteiger partial charge in [-0.1, -0.05) is 30.3 Å². The largest absolute Gasteiger partial charge is 0.350 e. The number of halogens is 1. The van der Waals surface area contributed by atoms with Crippen molar-refractivity contribution < 1.29 is 9.18 Å². The summed E-state index contributed by atoms with van der Waals surface area (Å²) in [5.41, 5.74) is 5.02. The van der Waals surface area contributed by atoms with E-state index in [2.05, 4.69) is 23.5 Å². The third-order valence-corrected chi connectivity index (χ3v) is 4.55. The summed E-state index contributed by atoms with van der Waals surface area (Å²) >= 11 is 0. The normalized spacial score (nSPS) is 14.3. The Morgan fingerprint density at radius 2 is 1.87 bits per heavy atom. The first-order valence-corrected chi connectivity index (χ1v) is 8.27. The lowest BCUT2D eigenvalue weighted by molar-refractivity contribution is -0.121. The summed E-state index contributed by atoms with van der Waals surface area (Å²) in [6.45, 7) is 2.02. The van der Waals surface area contributed by atoms with Crippen LogP contribution in [0, 0.1) is 5.82 Å². The van der Waals surface area contributed by atoms with Crippen LogP contribution in [0.2, 0.25) is 0 Å². The maximum atomic E-state index is 12.9. The Hall–Kier alpha value is -2.16. The standard InChI is InChI=1S/C20H22FNO/c1-14(17-9-8-16-3-2-4-18(16)13-17)22-20(23)12-7-15-5-10-19(21)11-6-15/h5-6,8-11,13-14H,2-4,7,12H2,1H3,(H,22,23). The summed E-state index contributed by atoms with van der Waals surface area (Å²) in [7, 11) is 0. The molecule has 1 aliphatic carbocycles. The first-order valence-electron chi connectivity index (χ1n) is 8.27. The number of hydrogen-bond acceptors (Lipinski definition) is 1. The van der Waals surface area contributed by atoms with Crippen molar-refractivity contribution in [3.63, 3.8) is 0 Å². The van der Waals surface area contributed by atoms with E-state index in [1.807, 2.05) is 6.92 Å². The molecule has 0 saturated carbocycles. The van der Waals surface area contributed by atoms with Gasteiger partial charge in [-0.05, 0) is 67.0 Å². The Morgan fingerprint density at radius 1 is 1.13 bits per heavy atom. The van der Waals surface area contributed by atoms with Gasteiger partial charge in [-0.3, -0.25) is 4.79 Å². The Bertz CT molecular complexity index is 693. The van der Waals surface area contributed by atoms with Gasteiger partial charge >= 0.3 is 0 Å². The minimum absolute atomic E-state index is 0.0154. The summed E-state index contributed by atoms with van der Waals surface area (Å²) in [5, 5.41) is 3.06. The van der Waals surface area contributed by atoms with Crippen molar-refractivity contribution in [2.24, 2.45) is 0 Å². The third kappa shape index (κ3) is 3.98. The third-order valence-electron chi connectivity index (χ3n) is 4.55. The number of hydrogen-bond donors (Lipinski definition) is 1. The molecule has 0 aliphatic heterocycles. The van der Waals surface area contributed by atoms with Gasteiger partial charge in [0, 0.05) is 6.42 Å². The van der Waals surface area contributed by atoms with Crippen LogP contribution in [0.5, 0.6) is 0 Å². The van der Waals surface area contributed by atoms with Crippen LogP contribution in [0.1, 0.15) is 48.1 Å². The van der Waals surface area contributed by atoms with Crippen LogP contribution in [0.4, 0.5) is 4.39 Å². The lowest BCUT2D eigenvalue weighted by Gasteiger charge is -2.15. The smallest absolute Gasteiger partial charge is 0.220 e. The van der Waals surface area contributed by atoms with Crippen molar-refractivity contribution in [3.05, 3.63) is 70.5 Å². The number of amides is 1. The van der Waals surface area contributed by atoms with Crippen molar-refractivity contribution in [2.45, 2.75) is 45.1 Å². The fraction of sp³-hybridized carbons (Fsp3) is 0.350. The summed E-state index contributed by atoms with van der Waals surface area (Å²) in [4.78, 5) is 12.1. The molecule has 1 N–H and O–H groups in total. The van der Waals surface area contributed by atoms with Crippen molar-refractivity contribution in [3.8, 4) is 0 Å². The molecule has 0 heterocycles. The fourth-order valence-electron chi connectivity index (χ4n) is 3.17. The predicted octanol–water partition coefficient (Wildman–Crippen LogP) is 4.12. The highest BCUT2D eigenvalue weighted by atomic mass is 19.1. The number of benzene rings is 2. The molecule has 2 aromatic rings. The topological polar surface area (TPSA) is 29.1 Å². The first-order chi connectivity index (χ1) is 11.1. The molecule has 1 amide bonds. The molecule has 0 fully saturated rings. The molecule has 0 spiro atoms. The summed E-state index contributed by atoms with van der Waals surface area (Å²) < 4.78 is 12.9. The number of carbonyl (C=O) groups excluding carboxylic acids is 1. The van der Waals surface area contributed by atoms with E-state index in [1.54, 1.807) is 12.1 Å². The maximum absolute atomic E-state index is 12.9. The molecule has 0 saturated heterocycles. The summed E-state index contributed by atoms with van der Waals surface area (Å²) in [6, 6.07) is 12.9. The van der Waals surface area contributed by atoms with E-state index in [1.165, 1.54) is 41.7 Å². The minimum Gasteiger partial charge on any atom is -0.350 e. The molecular weight excluding hydrogens is 289 g/mol. The quantitative estimate of drug-likeness (QED) is 0.884. The highest BCUT2D eigenvalue weighted by Crippen LogP contribution is 2.25. The number of rotatable bonds is 5. The maximum Gasteiger partial charge on any atom is 0.220 e. The van der Waals surface area contributed by atoms with Crippen LogP contribution in [0.25, 0.3) is 0 Å². The van der Waals surface area contributed by atoms with Gasteiger partial charge in [0.05, 0.1) is 6.04 Å². The van der Waals surface area contributed by atoms with Gasteiger partial charge < -0.3 is 5.32 Å². The number of nitrogens with one attached hydrogen (secondary N) is 1. The van der Waals surface area contributed by atoms with Crippen molar-refractivity contribution >= 4 is 5.91 Å². The molecule has 0 bridgehead atoms. The zero-order valence-corrected chi connectivity index (χ0v) is 13.4. The SMILES string of the molecule is CC(NC(=O)CCc1ccc(F)cc1)c1ccc2c(c1)CCC2. The molecule has 0 radical (unpaired) electrons. The fourth-order valence-corrected chi connectivity index (χ4v) is 3.17. The van der Waals surface area contributed by atoms with E-state index < -0.39 is 0 Å². The van der Waals surface area contributed by atoms with Crippen LogP contribution in [0.15, 0.2) is 42.5 Å². The second kappa shape index (κ2) is 6.95. The van der Waals surface area contributed by atoms with Crippen molar-refractivity contribution in [2.75, 3.05) is 0 Å². The van der Waals surface area contributed by atoms with Crippen LogP contribution >= 0.6 is 0 Å². The molecule has 1 unspecified atom stereocenters. The molecule has 1 aliphatic rings. The van der Waals surface area contributed by atoms with E-state index in [4.69, 9.17) is 0 Å². The van der Waals surface area contributed by atoms with Gasteiger partial charge in [0.1, 0.15) is 5.82 Å². The van der Waals surface area contributed by atoms with E-state index in [0.29, 0.717) is 12.8 Å². The average molecular weight is 311 g/mol. The summed E-state index contributed by atoms with van der Waals surface area (Å²) in [6.07, 6.45) is 4.60. The van der Waals surface area contributed by atoms with Crippen molar-refractivity contribution in [1.29, 1.82) is 0 Å². The Morgan fingerprint density at radius 3 is 2.65 bits per heavy atom. The highest BCUT2D eigenvalue weighted by Gasteiger charge is 2.14.